The maximum atomic E-state index is 12.6. The quantitative estimate of drug-likeness (QED) is 0.179. The minimum atomic E-state index is -0.470. The van der Waals surface area contributed by atoms with Crippen molar-refractivity contribution in [1.82, 2.24) is 4.90 Å². The number of thioether (sulfide) groups is 1. The number of benzene rings is 1. The van der Waals surface area contributed by atoms with Gasteiger partial charge in [-0.1, -0.05) is 0 Å². The van der Waals surface area contributed by atoms with Crippen molar-refractivity contribution < 1.29 is 33.3 Å². The van der Waals surface area contributed by atoms with Crippen molar-refractivity contribution in [1.29, 1.82) is 0 Å². The van der Waals surface area contributed by atoms with Crippen LogP contribution in [0.3, 0.4) is 0 Å². The van der Waals surface area contributed by atoms with E-state index in [0.29, 0.717) is 51.7 Å². The molecule has 1 aromatic rings. The van der Waals surface area contributed by atoms with E-state index in [1.54, 1.807) is 32.2 Å². The fourth-order valence-electron chi connectivity index (χ4n) is 2.62. The Hall–Kier alpha value is -1.79. The molecule has 1 heterocycles. The Labute approximate surface area is 193 Å². The van der Waals surface area contributed by atoms with E-state index in [2.05, 4.69) is 22.6 Å². The molecule has 1 aliphatic rings. The van der Waals surface area contributed by atoms with Crippen molar-refractivity contribution >= 4 is 57.5 Å². The van der Waals surface area contributed by atoms with Gasteiger partial charge in [-0.05, 0) is 78.4 Å². The van der Waals surface area contributed by atoms with Crippen molar-refractivity contribution in [3.63, 3.8) is 0 Å². The van der Waals surface area contributed by atoms with Gasteiger partial charge in [-0.2, -0.15) is 0 Å². The van der Waals surface area contributed by atoms with Gasteiger partial charge in [-0.15, -0.1) is 0 Å². The summed E-state index contributed by atoms with van der Waals surface area (Å²) in [4.78, 5) is 37.9. The zero-order valence-electron chi connectivity index (χ0n) is 17.1. The molecule has 1 aliphatic heterocycles. The molecule has 10 heteroatoms. The highest BCUT2D eigenvalue weighted by atomic mass is 127. The Bertz CT molecular complexity index is 828. The van der Waals surface area contributed by atoms with E-state index in [0.717, 1.165) is 11.8 Å². The lowest BCUT2D eigenvalue weighted by molar-refractivity contribution is -0.145. The van der Waals surface area contributed by atoms with Crippen LogP contribution in [-0.2, 0) is 19.1 Å². The Morgan fingerprint density at radius 2 is 1.97 bits per heavy atom. The maximum Gasteiger partial charge on any atom is 0.344 e. The zero-order valence-corrected chi connectivity index (χ0v) is 20.0. The summed E-state index contributed by atoms with van der Waals surface area (Å²) in [5.74, 6) is 0.0771. The molecule has 0 radical (unpaired) electrons. The summed E-state index contributed by atoms with van der Waals surface area (Å²) in [7, 11) is 1.57. The van der Waals surface area contributed by atoms with Crippen LogP contribution in [0.1, 0.15) is 25.8 Å². The topological polar surface area (TPSA) is 91.4 Å². The van der Waals surface area contributed by atoms with E-state index in [9.17, 15) is 14.4 Å². The third-order valence-corrected chi connectivity index (χ3v) is 5.58. The van der Waals surface area contributed by atoms with Crippen molar-refractivity contribution in [2.24, 2.45) is 0 Å². The minimum absolute atomic E-state index is 0.233. The zero-order chi connectivity index (χ0) is 22.1. The van der Waals surface area contributed by atoms with Crippen LogP contribution in [0.2, 0.25) is 0 Å². The van der Waals surface area contributed by atoms with Crippen molar-refractivity contribution in [3.05, 3.63) is 26.2 Å². The van der Waals surface area contributed by atoms with Crippen LogP contribution in [0.4, 0.5) is 4.79 Å². The number of imide groups is 1. The normalized spacial score (nSPS) is 15.1. The Morgan fingerprint density at radius 3 is 2.63 bits per heavy atom. The number of amides is 2. The molecule has 8 nitrogen and oxygen atoms in total. The summed E-state index contributed by atoms with van der Waals surface area (Å²) in [6, 6.07) is 3.51. The Morgan fingerprint density at radius 1 is 1.20 bits per heavy atom. The molecule has 0 unspecified atom stereocenters. The average Bonchev–Trinajstić information content (AvgIpc) is 2.95. The molecular formula is C20H24INO7S. The number of esters is 1. The Balaban J connectivity index is 2.22. The first-order chi connectivity index (χ1) is 14.4. The fourth-order valence-corrected chi connectivity index (χ4v) is 4.27. The summed E-state index contributed by atoms with van der Waals surface area (Å²) >= 11 is 2.98. The average molecular weight is 549 g/mol. The largest absolute Gasteiger partial charge is 0.490 e. The molecule has 2 amide bonds. The number of hydrogen-bond donors (Lipinski definition) is 0. The molecule has 0 atom stereocenters. The molecule has 0 bridgehead atoms. The second-order valence-electron chi connectivity index (χ2n) is 6.04. The van der Waals surface area contributed by atoms with Crippen molar-refractivity contribution in [2.45, 2.75) is 20.3 Å². The number of methoxy groups -OCH3 is 1. The lowest BCUT2D eigenvalue weighted by Gasteiger charge is -2.14. The monoisotopic (exact) mass is 549 g/mol. The number of rotatable bonds is 11. The van der Waals surface area contributed by atoms with E-state index in [1.165, 1.54) is 4.90 Å². The van der Waals surface area contributed by atoms with E-state index in [4.69, 9.17) is 18.9 Å². The van der Waals surface area contributed by atoms with Crippen LogP contribution in [0.15, 0.2) is 17.0 Å². The number of carbonyl (C=O) groups is 3. The first-order valence-corrected chi connectivity index (χ1v) is 11.3. The first-order valence-electron chi connectivity index (χ1n) is 9.40. The van der Waals surface area contributed by atoms with Crippen LogP contribution in [0, 0.1) is 3.57 Å². The van der Waals surface area contributed by atoms with Crippen molar-refractivity contribution in [3.8, 4) is 11.5 Å². The van der Waals surface area contributed by atoms with Gasteiger partial charge in [0.15, 0.2) is 18.1 Å². The number of ether oxygens (including phenoxy) is 4. The minimum Gasteiger partial charge on any atom is -0.490 e. The van der Waals surface area contributed by atoms with Crippen LogP contribution in [-0.4, -0.2) is 62.1 Å². The number of nitrogens with zero attached hydrogens (tertiary/aromatic N) is 1. The molecule has 0 aromatic heterocycles. The smallest absolute Gasteiger partial charge is 0.344 e. The molecule has 2 rings (SSSR count). The van der Waals surface area contributed by atoms with Crippen molar-refractivity contribution in [2.75, 3.05) is 40.1 Å². The highest BCUT2D eigenvalue weighted by Crippen LogP contribution is 2.37. The Kier molecular flexibility index (Phi) is 9.92. The first kappa shape index (κ1) is 24.5. The molecular weight excluding hydrogens is 525 g/mol. The molecule has 30 heavy (non-hydrogen) atoms. The van der Waals surface area contributed by atoms with Gasteiger partial charge in [-0.25, -0.2) is 4.79 Å². The van der Waals surface area contributed by atoms with Gasteiger partial charge >= 0.3 is 5.97 Å². The van der Waals surface area contributed by atoms with E-state index < -0.39 is 5.97 Å². The molecule has 1 fully saturated rings. The molecule has 0 aliphatic carbocycles. The lowest BCUT2D eigenvalue weighted by atomic mass is 10.2. The maximum absolute atomic E-state index is 12.6. The molecule has 0 spiro atoms. The van der Waals surface area contributed by atoms with Gasteiger partial charge in [0, 0.05) is 20.3 Å². The predicted octanol–water partition coefficient (Wildman–Crippen LogP) is 3.70. The molecule has 1 saturated heterocycles. The highest BCUT2D eigenvalue weighted by molar-refractivity contribution is 14.1. The van der Waals surface area contributed by atoms with Crippen LogP contribution < -0.4 is 9.47 Å². The summed E-state index contributed by atoms with van der Waals surface area (Å²) in [6.07, 6.45) is 2.24. The molecule has 0 N–H and O–H groups in total. The van der Waals surface area contributed by atoms with Gasteiger partial charge in [0.2, 0.25) is 0 Å². The predicted molar refractivity (Wildman–Crippen MR) is 122 cm³/mol. The second kappa shape index (κ2) is 12.2. The van der Waals surface area contributed by atoms with E-state index in [-0.39, 0.29) is 24.4 Å². The fraction of sp³-hybridized carbons (Fsp3) is 0.450. The second-order valence-corrected chi connectivity index (χ2v) is 8.19. The molecule has 1 aromatic carbocycles. The number of hydrogen-bond acceptors (Lipinski definition) is 8. The standard InChI is InChI=1S/C20H24INO7S/c1-4-27-15-10-13(9-14(21)18(15)29-12-17(23)28-5-2)11-16-19(24)22(20(25)30-16)7-6-8-26-3/h9-11H,4-8,12H2,1-3H3/b16-11+. The summed E-state index contributed by atoms with van der Waals surface area (Å²) in [5.41, 5.74) is 0.689. The lowest BCUT2D eigenvalue weighted by Crippen LogP contribution is -2.29. The third kappa shape index (κ3) is 6.61. The molecule has 0 saturated carbocycles. The molecule has 164 valence electrons. The van der Waals surface area contributed by atoms with Gasteiger partial charge < -0.3 is 18.9 Å². The summed E-state index contributed by atoms with van der Waals surface area (Å²) in [6.45, 7) is 4.79. The van der Waals surface area contributed by atoms with E-state index >= 15 is 0 Å². The number of carbonyl (C=O) groups excluding carboxylic acids is 3. The van der Waals surface area contributed by atoms with E-state index in [1.807, 2.05) is 6.92 Å². The highest BCUT2D eigenvalue weighted by Gasteiger charge is 2.34. The number of halogens is 1. The van der Waals surface area contributed by atoms with Gasteiger partial charge in [0.1, 0.15) is 0 Å². The summed E-state index contributed by atoms with van der Waals surface area (Å²) < 4.78 is 21.8. The van der Waals surface area contributed by atoms with Gasteiger partial charge in [0.25, 0.3) is 11.1 Å². The van der Waals surface area contributed by atoms with Crippen LogP contribution >= 0.6 is 34.4 Å². The van der Waals surface area contributed by atoms with Gasteiger partial charge in [0.05, 0.1) is 21.7 Å². The SMILES string of the molecule is CCOC(=O)COc1c(I)cc(/C=C2/SC(=O)N(CCCOC)C2=O)cc1OCC. The van der Waals surface area contributed by atoms with Gasteiger partial charge in [-0.3, -0.25) is 14.5 Å². The third-order valence-electron chi connectivity index (χ3n) is 3.87. The summed E-state index contributed by atoms with van der Waals surface area (Å²) in [5, 5.41) is -0.295. The van der Waals surface area contributed by atoms with Crippen LogP contribution in [0.25, 0.3) is 6.08 Å². The van der Waals surface area contributed by atoms with Crippen LogP contribution in [0.5, 0.6) is 11.5 Å².